The second-order valence-electron chi connectivity index (χ2n) is 3.99. The van der Waals surface area contributed by atoms with Gasteiger partial charge in [0.25, 0.3) is 0 Å². The lowest BCUT2D eigenvalue weighted by Crippen LogP contribution is -2.44. The van der Waals surface area contributed by atoms with Crippen molar-refractivity contribution in [2.24, 2.45) is 0 Å². The van der Waals surface area contributed by atoms with Crippen LogP contribution in [-0.4, -0.2) is 38.1 Å². The molecule has 4 heteroatoms. The lowest BCUT2D eigenvalue weighted by molar-refractivity contribution is 0.313. The van der Waals surface area contributed by atoms with E-state index in [1.54, 1.807) is 0 Å². The summed E-state index contributed by atoms with van der Waals surface area (Å²) in [5, 5.41) is 0. The van der Waals surface area contributed by atoms with Crippen molar-refractivity contribution in [2.75, 3.05) is 43.9 Å². The Bertz CT molecular complexity index is 346. The molecule has 0 unspecified atom stereocenters. The fraction of sp³-hybridized carbons (Fsp3) is 0.455. The third kappa shape index (κ3) is 2.44. The van der Waals surface area contributed by atoms with Gasteiger partial charge in [0.2, 0.25) is 0 Å². The summed E-state index contributed by atoms with van der Waals surface area (Å²) in [7, 11) is 2.15. The molecule has 2 N–H and O–H groups in total. The van der Waals surface area contributed by atoms with Crippen molar-refractivity contribution in [1.29, 1.82) is 0 Å². The van der Waals surface area contributed by atoms with Gasteiger partial charge in [0.1, 0.15) is 0 Å². The molecular weight excluding hydrogens is 254 g/mol. The molecule has 0 spiro atoms. The summed E-state index contributed by atoms with van der Waals surface area (Å²) in [4.78, 5) is 4.69. The molecule has 3 nitrogen and oxygen atoms in total. The largest absolute Gasteiger partial charge is 0.397 e. The Morgan fingerprint density at radius 2 is 1.87 bits per heavy atom. The molecule has 1 aliphatic rings. The number of benzene rings is 1. The first kappa shape index (κ1) is 10.8. The summed E-state index contributed by atoms with van der Waals surface area (Å²) in [6.07, 6.45) is 0. The van der Waals surface area contributed by atoms with Crippen molar-refractivity contribution in [3.05, 3.63) is 22.7 Å². The third-order valence-corrected chi connectivity index (χ3v) is 3.33. The number of hydrogen-bond acceptors (Lipinski definition) is 3. The second-order valence-corrected chi connectivity index (χ2v) is 4.91. The van der Waals surface area contributed by atoms with Crippen LogP contribution in [-0.2, 0) is 0 Å². The smallest absolute Gasteiger partial charge is 0.0612 e. The third-order valence-electron chi connectivity index (χ3n) is 2.84. The number of likely N-dealkylation sites (N-methyl/N-ethyl adjacent to an activating group) is 1. The number of nitrogen functional groups attached to an aromatic ring is 1. The second kappa shape index (κ2) is 4.41. The van der Waals surface area contributed by atoms with E-state index in [1.807, 2.05) is 12.1 Å². The van der Waals surface area contributed by atoms with Crippen molar-refractivity contribution >= 4 is 27.3 Å². The van der Waals surface area contributed by atoms with E-state index >= 15 is 0 Å². The first-order valence-electron chi connectivity index (χ1n) is 5.15. The number of anilines is 2. The molecule has 0 atom stereocenters. The number of nitrogens with zero attached hydrogens (tertiary/aromatic N) is 2. The average Bonchev–Trinajstić information content (AvgIpc) is 2.23. The van der Waals surface area contributed by atoms with Crippen molar-refractivity contribution in [3.8, 4) is 0 Å². The van der Waals surface area contributed by atoms with Gasteiger partial charge in [0, 0.05) is 30.7 Å². The van der Waals surface area contributed by atoms with E-state index < -0.39 is 0 Å². The monoisotopic (exact) mass is 269 g/mol. The van der Waals surface area contributed by atoms with E-state index in [2.05, 4.69) is 38.8 Å². The Balaban J connectivity index is 2.18. The minimum absolute atomic E-state index is 0.864. The minimum Gasteiger partial charge on any atom is -0.397 e. The lowest BCUT2D eigenvalue weighted by Gasteiger charge is -2.34. The predicted octanol–water partition coefficient (Wildman–Crippen LogP) is 1.78. The van der Waals surface area contributed by atoms with Gasteiger partial charge in [-0.1, -0.05) is 15.9 Å². The maximum Gasteiger partial charge on any atom is 0.0612 e. The summed E-state index contributed by atoms with van der Waals surface area (Å²) in [6, 6.07) is 6.04. The van der Waals surface area contributed by atoms with Gasteiger partial charge in [-0.25, -0.2) is 0 Å². The van der Waals surface area contributed by atoms with Crippen molar-refractivity contribution < 1.29 is 0 Å². The van der Waals surface area contributed by atoms with E-state index in [0.29, 0.717) is 0 Å². The van der Waals surface area contributed by atoms with Crippen LogP contribution in [0.5, 0.6) is 0 Å². The molecule has 1 aromatic rings. The molecule has 1 aliphatic heterocycles. The van der Waals surface area contributed by atoms with Crippen LogP contribution >= 0.6 is 15.9 Å². The highest BCUT2D eigenvalue weighted by molar-refractivity contribution is 9.10. The SMILES string of the molecule is CN1CCN(c2cc(Br)ccc2N)CC1. The molecule has 0 bridgehead atoms. The topological polar surface area (TPSA) is 32.5 Å². The zero-order valence-corrected chi connectivity index (χ0v) is 10.5. The van der Waals surface area contributed by atoms with Gasteiger partial charge in [-0.05, 0) is 25.2 Å². The van der Waals surface area contributed by atoms with Crippen LogP contribution < -0.4 is 10.6 Å². The van der Waals surface area contributed by atoms with Gasteiger partial charge < -0.3 is 15.5 Å². The summed E-state index contributed by atoms with van der Waals surface area (Å²) in [5.41, 5.74) is 7.99. The van der Waals surface area contributed by atoms with Gasteiger partial charge in [-0.15, -0.1) is 0 Å². The number of halogens is 1. The van der Waals surface area contributed by atoms with Crippen LogP contribution in [0.4, 0.5) is 11.4 Å². The zero-order valence-electron chi connectivity index (χ0n) is 8.91. The van der Waals surface area contributed by atoms with Gasteiger partial charge >= 0.3 is 0 Å². The summed E-state index contributed by atoms with van der Waals surface area (Å²) in [6.45, 7) is 4.31. The molecule has 1 fully saturated rings. The highest BCUT2D eigenvalue weighted by Gasteiger charge is 2.16. The van der Waals surface area contributed by atoms with Crippen molar-refractivity contribution in [2.45, 2.75) is 0 Å². The minimum atomic E-state index is 0.864. The summed E-state index contributed by atoms with van der Waals surface area (Å²) in [5.74, 6) is 0. The van der Waals surface area contributed by atoms with Gasteiger partial charge in [-0.3, -0.25) is 0 Å². The molecule has 0 radical (unpaired) electrons. The van der Waals surface area contributed by atoms with Crippen LogP contribution in [0.1, 0.15) is 0 Å². The van der Waals surface area contributed by atoms with E-state index in [-0.39, 0.29) is 0 Å². The lowest BCUT2D eigenvalue weighted by atomic mass is 10.2. The molecule has 0 aromatic heterocycles. The molecule has 15 heavy (non-hydrogen) atoms. The van der Waals surface area contributed by atoms with Crippen LogP contribution in [0.3, 0.4) is 0 Å². The van der Waals surface area contributed by atoms with E-state index in [0.717, 1.165) is 42.0 Å². The highest BCUT2D eigenvalue weighted by Crippen LogP contribution is 2.27. The van der Waals surface area contributed by atoms with E-state index in [9.17, 15) is 0 Å². The number of piperazine rings is 1. The molecule has 1 aromatic carbocycles. The fourth-order valence-electron chi connectivity index (χ4n) is 1.84. The Hall–Kier alpha value is -0.740. The Labute approximate surface area is 99.0 Å². The standard InChI is InChI=1S/C11H16BrN3/c1-14-4-6-15(7-5-14)11-8-9(12)2-3-10(11)13/h2-3,8H,4-7,13H2,1H3. The molecule has 82 valence electrons. The van der Waals surface area contributed by atoms with Gasteiger partial charge in [0.05, 0.1) is 11.4 Å². The molecule has 0 aliphatic carbocycles. The maximum absolute atomic E-state index is 5.98. The Morgan fingerprint density at radius 1 is 1.20 bits per heavy atom. The predicted molar refractivity (Wildman–Crippen MR) is 68.3 cm³/mol. The van der Waals surface area contributed by atoms with Crippen LogP contribution in [0.25, 0.3) is 0 Å². The Morgan fingerprint density at radius 3 is 2.53 bits per heavy atom. The number of nitrogens with two attached hydrogens (primary N) is 1. The average molecular weight is 270 g/mol. The van der Waals surface area contributed by atoms with Gasteiger partial charge in [-0.2, -0.15) is 0 Å². The summed E-state index contributed by atoms with van der Waals surface area (Å²) < 4.78 is 1.09. The maximum atomic E-state index is 5.98. The number of hydrogen-bond donors (Lipinski definition) is 1. The summed E-state index contributed by atoms with van der Waals surface area (Å²) >= 11 is 3.48. The van der Waals surface area contributed by atoms with Crippen LogP contribution in [0, 0.1) is 0 Å². The molecule has 0 saturated carbocycles. The molecule has 0 amide bonds. The van der Waals surface area contributed by atoms with Crippen molar-refractivity contribution in [1.82, 2.24) is 4.90 Å². The first-order chi connectivity index (χ1) is 7.16. The van der Waals surface area contributed by atoms with Crippen LogP contribution in [0.2, 0.25) is 0 Å². The number of rotatable bonds is 1. The molecule has 1 saturated heterocycles. The zero-order chi connectivity index (χ0) is 10.8. The molecular formula is C11H16BrN3. The van der Waals surface area contributed by atoms with Crippen molar-refractivity contribution in [3.63, 3.8) is 0 Å². The molecule has 1 heterocycles. The highest BCUT2D eigenvalue weighted by atomic mass is 79.9. The quantitative estimate of drug-likeness (QED) is 0.790. The fourth-order valence-corrected chi connectivity index (χ4v) is 2.19. The van der Waals surface area contributed by atoms with Gasteiger partial charge in [0.15, 0.2) is 0 Å². The van der Waals surface area contributed by atoms with Crippen LogP contribution in [0.15, 0.2) is 22.7 Å². The Kier molecular flexibility index (Phi) is 3.17. The molecule has 2 rings (SSSR count). The normalized spacial score (nSPS) is 18.1. The first-order valence-corrected chi connectivity index (χ1v) is 5.94. The van der Waals surface area contributed by atoms with E-state index in [4.69, 9.17) is 5.73 Å². The van der Waals surface area contributed by atoms with E-state index in [1.165, 1.54) is 0 Å².